The summed E-state index contributed by atoms with van der Waals surface area (Å²) in [6.07, 6.45) is 1.50. The predicted octanol–water partition coefficient (Wildman–Crippen LogP) is 6.08. The molecule has 8 nitrogen and oxygen atoms in total. The van der Waals surface area contributed by atoms with Crippen molar-refractivity contribution in [3.8, 4) is 11.5 Å². The molecule has 0 spiro atoms. The van der Waals surface area contributed by atoms with Crippen LogP contribution in [0, 0.1) is 13.7 Å². The first kappa shape index (κ1) is 25.1. The van der Waals surface area contributed by atoms with E-state index in [4.69, 9.17) is 9.47 Å². The summed E-state index contributed by atoms with van der Waals surface area (Å²) in [7, 11) is 1.55. The van der Waals surface area contributed by atoms with Crippen LogP contribution in [0.25, 0.3) is 0 Å². The lowest BCUT2D eigenvalue weighted by atomic mass is 10.2. The molecule has 3 rings (SSSR count). The molecule has 0 heterocycles. The SMILES string of the molecule is COc1cc(C(=O)N/N=C\c2cc(Br)c(OCc3cccc([N+](=O)[O-])c3)c(Br)c2)ccc1I. The van der Waals surface area contributed by atoms with Crippen molar-refractivity contribution < 1.29 is 19.2 Å². The van der Waals surface area contributed by atoms with Crippen LogP contribution in [0.4, 0.5) is 5.69 Å². The van der Waals surface area contributed by atoms with Gasteiger partial charge in [-0.05, 0) is 95.9 Å². The summed E-state index contributed by atoms with van der Waals surface area (Å²) in [5.74, 6) is 0.783. The van der Waals surface area contributed by atoms with Crippen molar-refractivity contribution in [2.45, 2.75) is 6.61 Å². The van der Waals surface area contributed by atoms with Gasteiger partial charge in [0.05, 0.1) is 30.8 Å². The lowest BCUT2D eigenvalue weighted by molar-refractivity contribution is -0.384. The predicted molar refractivity (Wildman–Crippen MR) is 140 cm³/mol. The third-order valence-corrected chi connectivity index (χ3v) is 6.39. The molecule has 0 aromatic heterocycles. The number of halogens is 3. The largest absolute Gasteiger partial charge is 0.496 e. The normalized spacial score (nSPS) is 10.8. The smallest absolute Gasteiger partial charge is 0.271 e. The molecule has 0 bridgehead atoms. The summed E-state index contributed by atoms with van der Waals surface area (Å²) in [5.41, 5.74) is 4.30. The van der Waals surface area contributed by atoms with Crippen molar-refractivity contribution in [2.24, 2.45) is 5.10 Å². The van der Waals surface area contributed by atoms with Crippen LogP contribution in [0.15, 0.2) is 68.6 Å². The van der Waals surface area contributed by atoms with Crippen molar-refractivity contribution in [1.29, 1.82) is 0 Å². The highest BCUT2D eigenvalue weighted by atomic mass is 127. The van der Waals surface area contributed by atoms with E-state index in [2.05, 4.69) is 65.0 Å². The number of amides is 1. The quantitative estimate of drug-likeness (QED) is 0.134. The molecule has 0 saturated heterocycles. The van der Waals surface area contributed by atoms with Gasteiger partial charge >= 0.3 is 0 Å². The highest BCUT2D eigenvalue weighted by molar-refractivity contribution is 14.1. The minimum Gasteiger partial charge on any atom is -0.496 e. The molecule has 0 aliphatic rings. The maximum Gasteiger partial charge on any atom is 0.271 e. The zero-order valence-corrected chi connectivity index (χ0v) is 22.4. The Hall–Kier alpha value is -2.51. The molecule has 3 aromatic rings. The number of benzene rings is 3. The van der Waals surface area contributed by atoms with Gasteiger partial charge in [0, 0.05) is 17.7 Å². The van der Waals surface area contributed by atoms with Gasteiger partial charge in [-0.1, -0.05) is 12.1 Å². The van der Waals surface area contributed by atoms with Crippen molar-refractivity contribution in [2.75, 3.05) is 7.11 Å². The Labute approximate surface area is 219 Å². The second kappa shape index (κ2) is 11.6. The van der Waals surface area contributed by atoms with E-state index in [1.807, 2.05) is 0 Å². The third kappa shape index (κ3) is 6.74. The van der Waals surface area contributed by atoms with Gasteiger partial charge < -0.3 is 9.47 Å². The molecule has 33 heavy (non-hydrogen) atoms. The van der Waals surface area contributed by atoms with Gasteiger partial charge in [-0.2, -0.15) is 5.10 Å². The monoisotopic (exact) mass is 687 g/mol. The summed E-state index contributed by atoms with van der Waals surface area (Å²) < 4.78 is 13.3. The van der Waals surface area contributed by atoms with E-state index in [0.717, 1.165) is 3.57 Å². The number of hydrazone groups is 1. The molecule has 3 aromatic carbocycles. The lowest BCUT2D eigenvalue weighted by Crippen LogP contribution is -2.17. The van der Waals surface area contributed by atoms with Gasteiger partial charge in [-0.25, -0.2) is 5.43 Å². The Morgan fingerprint density at radius 2 is 1.91 bits per heavy atom. The van der Waals surface area contributed by atoms with Crippen LogP contribution in [0.1, 0.15) is 21.5 Å². The number of ether oxygens (including phenoxy) is 2. The molecule has 11 heteroatoms. The second-order valence-corrected chi connectivity index (χ2v) is 9.45. The van der Waals surface area contributed by atoms with Crippen molar-refractivity contribution in [1.82, 2.24) is 5.43 Å². The second-order valence-electron chi connectivity index (χ2n) is 6.58. The molecule has 0 saturated carbocycles. The van der Waals surface area contributed by atoms with Crippen molar-refractivity contribution in [3.05, 3.63) is 93.9 Å². The Morgan fingerprint density at radius 1 is 1.18 bits per heavy atom. The van der Waals surface area contributed by atoms with Crippen LogP contribution in [0.3, 0.4) is 0 Å². The van der Waals surface area contributed by atoms with Gasteiger partial charge in [0.1, 0.15) is 18.1 Å². The number of hydrogen-bond donors (Lipinski definition) is 1. The molecule has 0 aliphatic carbocycles. The topological polar surface area (TPSA) is 103 Å². The number of nitro benzene ring substituents is 1. The number of rotatable bonds is 8. The van der Waals surface area contributed by atoms with Gasteiger partial charge in [0.2, 0.25) is 0 Å². The van der Waals surface area contributed by atoms with Gasteiger partial charge in [0.15, 0.2) is 0 Å². The number of hydrogen-bond acceptors (Lipinski definition) is 6. The fraction of sp³-hybridized carbons (Fsp3) is 0.0909. The molecule has 0 atom stereocenters. The van der Waals surface area contributed by atoms with Crippen LogP contribution in [-0.4, -0.2) is 24.2 Å². The number of nitrogens with one attached hydrogen (secondary N) is 1. The zero-order valence-electron chi connectivity index (χ0n) is 17.1. The van der Waals surface area contributed by atoms with E-state index >= 15 is 0 Å². The Kier molecular flexibility index (Phi) is 8.80. The lowest BCUT2D eigenvalue weighted by Gasteiger charge is -2.11. The highest BCUT2D eigenvalue weighted by Crippen LogP contribution is 2.35. The Morgan fingerprint density at radius 3 is 2.58 bits per heavy atom. The van der Waals surface area contributed by atoms with Crippen LogP contribution in [-0.2, 0) is 6.61 Å². The summed E-state index contributed by atoms with van der Waals surface area (Å²) >= 11 is 9.05. The molecular formula is C22H16Br2IN3O5. The van der Waals surface area contributed by atoms with Gasteiger partial charge in [-0.15, -0.1) is 0 Å². The van der Waals surface area contributed by atoms with E-state index in [1.165, 1.54) is 18.3 Å². The standard InChI is InChI=1S/C22H16Br2IN3O5/c1-32-20-10-15(5-6-19(20)25)22(29)27-26-11-14-8-17(23)21(18(24)9-14)33-12-13-3-2-4-16(7-13)28(30)31/h2-11H,12H2,1H3,(H,27,29)/b26-11-. The molecular weight excluding hydrogens is 673 g/mol. The third-order valence-electron chi connectivity index (χ3n) is 4.32. The summed E-state index contributed by atoms with van der Waals surface area (Å²) in [5, 5.41) is 14.9. The molecule has 0 fully saturated rings. The van der Waals surface area contributed by atoms with E-state index in [1.54, 1.807) is 49.6 Å². The minimum atomic E-state index is -0.447. The number of nitrogens with zero attached hydrogens (tertiary/aromatic N) is 2. The van der Waals surface area contributed by atoms with Crippen molar-refractivity contribution in [3.63, 3.8) is 0 Å². The van der Waals surface area contributed by atoms with Crippen LogP contribution in [0.5, 0.6) is 11.5 Å². The summed E-state index contributed by atoms with van der Waals surface area (Å²) in [6, 6.07) is 14.9. The Balaban J connectivity index is 1.66. The molecule has 0 unspecified atom stereocenters. The molecule has 1 amide bonds. The van der Waals surface area contributed by atoms with E-state index < -0.39 is 4.92 Å². The number of carbonyl (C=O) groups excluding carboxylic acids is 1. The summed E-state index contributed by atoms with van der Waals surface area (Å²) in [4.78, 5) is 22.8. The average molecular weight is 689 g/mol. The minimum absolute atomic E-state index is 0.00604. The first-order valence-electron chi connectivity index (χ1n) is 9.30. The fourth-order valence-electron chi connectivity index (χ4n) is 2.74. The summed E-state index contributed by atoms with van der Waals surface area (Å²) in [6.45, 7) is 0.155. The Bertz CT molecular complexity index is 1210. The molecule has 170 valence electrons. The number of methoxy groups -OCH3 is 1. The van der Waals surface area contributed by atoms with Crippen LogP contribution >= 0.6 is 54.5 Å². The number of nitro groups is 1. The number of non-ortho nitro benzene ring substituents is 1. The molecule has 0 radical (unpaired) electrons. The maximum absolute atomic E-state index is 12.3. The van der Waals surface area contributed by atoms with E-state index in [9.17, 15) is 14.9 Å². The average Bonchev–Trinajstić information content (AvgIpc) is 2.79. The fourth-order valence-corrected chi connectivity index (χ4v) is 4.74. The van der Waals surface area contributed by atoms with Crippen LogP contribution < -0.4 is 14.9 Å². The van der Waals surface area contributed by atoms with E-state index in [-0.39, 0.29) is 18.2 Å². The first-order chi connectivity index (χ1) is 15.8. The van der Waals surface area contributed by atoms with Gasteiger partial charge in [-0.3, -0.25) is 14.9 Å². The van der Waals surface area contributed by atoms with Gasteiger partial charge in [0.25, 0.3) is 11.6 Å². The molecule has 1 N–H and O–H groups in total. The maximum atomic E-state index is 12.3. The first-order valence-corrected chi connectivity index (χ1v) is 12.0. The molecule has 0 aliphatic heterocycles. The van der Waals surface area contributed by atoms with Crippen LogP contribution in [0.2, 0.25) is 0 Å². The highest BCUT2D eigenvalue weighted by Gasteiger charge is 2.12. The van der Waals surface area contributed by atoms with E-state index in [0.29, 0.717) is 37.1 Å². The zero-order chi connectivity index (χ0) is 24.0. The van der Waals surface area contributed by atoms with Crippen molar-refractivity contribution >= 4 is 72.3 Å². The number of carbonyl (C=O) groups is 1.